The predicted molar refractivity (Wildman–Crippen MR) is 151 cm³/mol. The van der Waals surface area contributed by atoms with Gasteiger partial charge in [-0.25, -0.2) is 9.80 Å². The molecule has 4 amide bonds. The fourth-order valence-corrected chi connectivity index (χ4v) is 8.17. The first-order chi connectivity index (χ1) is 20.0. The van der Waals surface area contributed by atoms with E-state index in [1.807, 2.05) is 72.8 Å². The van der Waals surface area contributed by atoms with Crippen molar-refractivity contribution in [3.8, 4) is 0 Å². The Bertz CT molecular complexity index is 1550. The van der Waals surface area contributed by atoms with E-state index in [1.165, 1.54) is 9.80 Å². The summed E-state index contributed by atoms with van der Waals surface area (Å²) >= 11 is 0. The average molecular weight is 540 g/mol. The second kappa shape index (κ2) is 8.32. The summed E-state index contributed by atoms with van der Waals surface area (Å²) < 4.78 is 0. The first-order valence-electron chi connectivity index (χ1n) is 13.8. The topological polar surface area (TPSA) is 86.8 Å². The molecule has 4 fully saturated rings. The molecule has 4 heterocycles. The zero-order valence-electron chi connectivity index (χ0n) is 21.9. The summed E-state index contributed by atoms with van der Waals surface area (Å²) in [4.78, 5) is 60.6. The van der Waals surface area contributed by atoms with Gasteiger partial charge in [0.1, 0.15) is 0 Å². The van der Waals surface area contributed by atoms with Gasteiger partial charge in [-0.3, -0.25) is 24.5 Å². The number of nitrogens with one attached hydrogen (secondary N) is 1. The van der Waals surface area contributed by atoms with Gasteiger partial charge in [-0.15, -0.1) is 0 Å². The highest BCUT2D eigenvalue weighted by atomic mass is 16.2. The Morgan fingerprint density at radius 3 is 0.976 bits per heavy atom. The van der Waals surface area contributed by atoms with Crippen LogP contribution in [0.25, 0.3) is 0 Å². The molecule has 41 heavy (non-hydrogen) atoms. The van der Waals surface area contributed by atoms with E-state index in [0.29, 0.717) is 22.5 Å². The number of hydrogen-bond donors (Lipinski definition) is 1. The van der Waals surface area contributed by atoms with Crippen LogP contribution in [0, 0.1) is 23.7 Å². The lowest BCUT2D eigenvalue weighted by Crippen LogP contribution is -2.53. The number of para-hydroxylation sites is 2. The van der Waals surface area contributed by atoms with E-state index in [0.717, 1.165) is 0 Å². The van der Waals surface area contributed by atoms with Gasteiger partial charge < -0.3 is 0 Å². The zero-order valence-corrected chi connectivity index (χ0v) is 21.9. The molecule has 200 valence electrons. The highest BCUT2D eigenvalue weighted by molar-refractivity contribution is 6.28. The largest absolute Gasteiger partial charge is 0.295 e. The lowest BCUT2D eigenvalue weighted by atomic mass is 9.55. The minimum absolute atomic E-state index is 0.364. The normalized spacial score (nSPS) is 31.6. The molecule has 0 radical (unpaired) electrons. The Hall–Kier alpha value is -4.88. The molecule has 4 aromatic rings. The maximum Gasteiger partial charge on any atom is 0.240 e. The van der Waals surface area contributed by atoms with E-state index >= 15 is 0 Å². The van der Waals surface area contributed by atoms with Gasteiger partial charge in [-0.2, -0.15) is 0 Å². The number of imide groups is 2. The van der Waals surface area contributed by atoms with Crippen LogP contribution in [0.4, 0.5) is 11.4 Å². The van der Waals surface area contributed by atoms with E-state index in [-0.39, 0.29) is 23.6 Å². The highest BCUT2D eigenvalue weighted by Crippen LogP contribution is 2.71. The molecule has 4 unspecified atom stereocenters. The SMILES string of the molecule is O=C1C2C(C(=O)N1c1ccccc1)C1(c3ccccc3)NC2(c2ccccc2)C2C(=O)N(c3ccccc3)C(=O)C21. The average Bonchev–Trinajstić information content (AvgIpc) is 3.69. The summed E-state index contributed by atoms with van der Waals surface area (Å²) in [5, 5.41) is 3.72. The second-order valence-corrected chi connectivity index (χ2v) is 11.2. The molecule has 0 saturated carbocycles. The summed E-state index contributed by atoms with van der Waals surface area (Å²) in [5.74, 6) is -5.04. The number of carbonyl (C=O) groups excluding carboxylic acids is 4. The standard InChI is InChI=1S/C34H25N3O4/c38-29-25-27(31(40)36(29)23-17-9-3-10-18-23)34(22-15-7-2-8-16-22)28-26(33(25,35-34)21-13-5-1-6-14-21)30(39)37(32(28)41)24-19-11-4-12-20-24/h1-20,25-28,35H. The van der Waals surface area contributed by atoms with Crippen LogP contribution in [-0.4, -0.2) is 23.6 Å². The molecule has 4 aliphatic heterocycles. The number of amides is 4. The molecule has 8 rings (SSSR count). The van der Waals surface area contributed by atoms with Gasteiger partial charge >= 0.3 is 0 Å². The van der Waals surface area contributed by atoms with Crippen molar-refractivity contribution in [2.75, 3.05) is 9.80 Å². The Labute approximate surface area is 236 Å². The molecule has 0 aromatic heterocycles. The van der Waals surface area contributed by atoms with Crippen molar-refractivity contribution in [2.45, 2.75) is 11.1 Å². The Kier molecular flexibility index (Phi) is 4.86. The lowest BCUT2D eigenvalue weighted by molar-refractivity contribution is -0.133. The van der Waals surface area contributed by atoms with Crippen molar-refractivity contribution in [3.05, 3.63) is 132 Å². The third-order valence-corrected chi connectivity index (χ3v) is 9.52. The number of fused-ring (bicyclic) bond motifs is 8. The number of carbonyl (C=O) groups is 4. The van der Waals surface area contributed by atoms with Gasteiger partial charge in [-0.1, -0.05) is 97.1 Å². The van der Waals surface area contributed by atoms with Crippen LogP contribution in [0.3, 0.4) is 0 Å². The Morgan fingerprint density at radius 1 is 0.415 bits per heavy atom. The van der Waals surface area contributed by atoms with Crippen molar-refractivity contribution in [3.63, 3.8) is 0 Å². The Morgan fingerprint density at radius 2 is 0.683 bits per heavy atom. The van der Waals surface area contributed by atoms with E-state index in [4.69, 9.17) is 0 Å². The van der Waals surface area contributed by atoms with Gasteiger partial charge in [0.15, 0.2) is 0 Å². The quantitative estimate of drug-likeness (QED) is 0.396. The first kappa shape index (κ1) is 24.0. The third-order valence-electron chi connectivity index (χ3n) is 9.52. The monoisotopic (exact) mass is 539 g/mol. The molecule has 1 N–H and O–H groups in total. The minimum Gasteiger partial charge on any atom is -0.295 e. The van der Waals surface area contributed by atoms with E-state index in [1.54, 1.807) is 48.5 Å². The molecule has 4 aromatic carbocycles. The number of nitrogens with zero attached hydrogens (tertiary/aromatic N) is 2. The lowest BCUT2D eigenvalue weighted by Gasteiger charge is -2.40. The fraction of sp³-hybridized carbons (Fsp3) is 0.176. The smallest absolute Gasteiger partial charge is 0.240 e. The number of anilines is 2. The van der Waals surface area contributed by atoms with Gasteiger partial charge in [0.05, 0.1) is 46.1 Å². The van der Waals surface area contributed by atoms with Crippen LogP contribution in [0.1, 0.15) is 11.1 Å². The van der Waals surface area contributed by atoms with Crippen molar-refractivity contribution < 1.29 is 19.2 Å². The molecule has 4 saturated heterocycles. The summed E-state index contributed by atoms with van der Waals surface area (Å²) in [7, 11) is 0. The maximum atomic E-state index is 14.5. The molecule has 7 nitrogen and oxygen atoms in total. The molecule has 7 heteroatoms. The molecular weight excluding hydrogens is 514 g/mol. The van der Waals surface area contributed by atoms with Crippen LogP contribution < -0.4 is 15.1 Å². The first-order valence-corrected chi connectivity index (χ1v) is 13.8. The van der Waals surface area contributed by atoms with Gasteiger partial charge in [0.2, 0.25) is 23.6 Å². The number of hydrogen-bond acceptors (Lipinski definition) is 5. The van der Waals surface area contributed by atoms with E-state index in [2.05, 4.69) is 5.32 Å². The van der Waals surface area contributed by atoms with Crippen LogP contribution in [0.5, 0.6) is 0 Å². The predicted octanol–water partition coefficient (Wildman–Crippen LogP) is 4.01. The Balaban J connectivity index is 1.43. The van der Waals surface area contributed by atoms with Crippen LogP contribution >= 0.6 is 0 Å². The maximum absolute atomic E-state index is 14.5. The summed E-state index contributed by atoms with van der Waals surface area (Å²) in [5.41, 5.74) is -0.162. The minimum atomic E-state index is -1.28. The van der Waals surface area contributed by atoms with Crippen LogP contribution in [0.15, 0.2) is 121 Å². The molecule has 4 atom stereocenters. The van der Waals surface area contributed by atoms with Crippen LogP contribution in [-0.2, 0) is 30.3 Å². The molecule has 4 aliphatic rings. The number of benzene rings is 4. The number of rotatable bonds is 4. The van der Waals surface area contributed by atoms with E-state index < -0.39 is 34.7 Å². The van der Waals surface area contributed by atoms with E-state index in [9.17, 15) is 19.2 Å². The third kappa shape index (κ3) is 2.81. The summed E-state index contributed by atoms with van der Waals surface area (Å²) in [6, 6.07) is 36.5. The summed E-state index contributed by atoms with van der Waals surface area (Å²) in [6.07, 6.45) is 0. The molecule has 0 aliphatic carbocycles. The fourth-order valence-electron chi connectivity index (χ4n) is 8.17. The second-order valence-electron chi connectivity index (χ2n) is 11.2. The van der Waals surface area contributed by atoms with Gasteiger partial charge in [0.25, 0.3) is 0 Å². The molecule has 0 spiro atoms. The molecule has 2 bridgehead atoms. The van der Waals surface area contributed by atoms with Gasteiger partial charge in [-0.05, 0) is 35.4 Å². The van der Waals surface area contributed by atoms with Crippen molar-refractivity contribution >= 4 is 35.0 Å². The summed E-state index contributed by atoms with van der Waals surface area (Å²) in [6.45, 7) is 0. The zero-order chi connectivity index (χ0) is 27.9. The van der Waals surface area contributed by atoms with Crippen molar-refractivity contribution in [1.82, 2.24) is 5.32 Å². The van der Waals surface area contributed by atoms with Crippen LogP contribution in [0.2, 0.25) is 0 Å². The van der Waals surface area contributed by atoms with Crippen molar-refractivity contribution in [2.24, 2.45) is 23.7 Å². The van der Waals surface area contributed by atoms with Gasteiger partial charge in [0, 0.05) is 0 Å². The van der Waals surface area contributed by atoms with Crippen molar-refractivity contribution in [1.29, 1.82) is 0 Å². The highest BCUT2D eigenvalue weighted by Gasteiger charge is 2.85. The molecular formula is C34H25N3O4.